The van der Waals surface area contributed by atoms with Gasteiger partial charge in [0.2, 0.25) is 11.9 Å². The molecule has 4 N–H and O–H groups in total. The minimum atomic E-state index is -0.627. The highest BCUT2D eigenvalue weighted by Gasteiger charge is 2.21. The number of primary amides is 1. The van der Waals surface area contributed by atoms with Crippen molar-refractivity contribution in [3.8, 4) is 17.1 Å². The number of hydrogen-bond acceptors (Lipinski definition) is 8. The first-order chi connectivity index (χ1) is 19.8. The number of imidazole rings is 1. The maximum atomic E-state index is 14.1. The van der Waals surface area contributed by atoms with Crippen LogP contribution in [0.1, 0.15) is 39.9 Å². The highest BCUT2D eigenvalue weighted by molar-refractivity contribution is 6.04. The van der Waals surface area contributed by atoms with Crippen molar-refractivity contribution < 1.29 is 23.1 Å². The number of nitrogens with two attached hydrogens (primary N) is 1. The van der Waals surface area contributed by atoms with Crippen LogP contribution in [0.25, 0.3) is 22.4 Å². The molecule has 0 aliphatic rings. The number of hydrogen-bond donors (Lipinski definition) is 3. The van der Waals surface area contributed by atoms with Crippen LogP contribution in [0.4, 0.5) is 16.4 Å². The fourth-order valence-electron chi connectivity index (χ4n) is 4.55. The number of aromatic nitrogens is 5. The third kappa shape index (κ3) is 5.60. The largest absolute Gasteiger partial charge is 0.494 e. The Morgan fingerprint density at radius 1 is 1.20 bits per heavy atom. The second-order valence-corrected chi connectivity index (χ2v) is 9.23. The fraction of sp³-hybridized carbons (Fsp3) is 0.250. The van der Waals surface area contributed by atoms with E-state index in [4.69, 9.17) is 14.9 Å². The molecule has 2 amide bonds. The number of oxazole rings is 1. The van der Waals surface area contributed by atoms with Crippen molar-refractivity contribution in [2.24, 2.45) is 5.73 Å². The number of carbonyl (C=O) groups excluding carboxylic acids is 2. The molecule has 12 nitrogen and oxygen atoms in total. The summed E-state index contributed by atoms with van der Waals surface area (Å²) in [5.74, 6) is -0.442. The van der Waals surface area contributed by atoms with Crippen molar-refractivity contribution in [3.05, 3.63) is 71.4 Å². The Hall–Kier alpha value is -5.20. The maximum absolute atomic E-state index is 14.1. The fourth-order valence-corrected chi connectivity index (χ4v) is 4.55. The molecular formula is C28H29FN8O4. The summed E-state index contributed by atoms with van der Waals surface area (Å²) in [6.07, 6.45) is 2.01. The van der Waals surface area contributed by atoms with Crippen LogP contribution < -0.4 is 21.1 Å². The van der Waals surface area contributed by atoms with Crippen LogP contribution in [-0.4, -0.2) is 49.8 Å². The number of anilines is 2. The van der Waals surface area contributed by atoms with Crippen molar-refractivity contribution in [1.29, 1.82) is 0 Å². The number of nitrogens with zero attached hydrogens (tertiary/aromatic N) is 5. The van der Waals surface area contributed by atoms with Gasteiger partial charge >= 0.3 is 0 Å². The number of ether oxygens (including phenoxy) is 1. The quantitative estimate of drug-likeness (QED) is 0.203. The molecule has 0 aliphatic heterocycles. The Labute approximate surface area is 234 Å². The molecule has 0 spiro atoms. The second-order valence-electron chi connectivity index (χ2n) is 9.23. The summed E-state index contributed by atoms with van der Waals surface area (Å²) in [5, 5.41) is 10.3. The van der Waals surface area contributed by atoms with Crippen molar-refractivity contribution >= 4 is 34.8 Å². The number of nitrogens with one attached hydrogen (secondary N) is 2. The molecule has 5 aromatic rings. The molecule has 0 aliphatic carbocycles. The summed E-state index contributed by atoms with van der Waals surface area (Å²) in [4.78, 5) is 33.9. The van der Waals surface area contributed by atoms with Gasteiger partial charge in [-0.25, -0.2) is 14.4 Å². The smallest absolute Gasteiger partial charge is 0.295 e. The molecule has 3 heterocycles. The molecule has 0 unspecified atom stereocenters. The van der Waals surface area contributed by atoms with Gasteiger partial charge in [0.15, 0.2) is 5.76 Å². The maximum Gasteiger partial charge on any atom is 0.295 e. The standard InChI is InChI=1S/C28H29FN8O4/c1-4-37-21(12-16(2)35-37)26(39)34-27-33-20-13-17(25(30)38)14-22(40-3)24(20)36(27)11-7-10-31-28-32-15-23(41-28)18-8-5-6-9-19(18)29/h5-6,8-9,12-15H,4,7,10-11H2,1-3H3,(H2,30,38)(H,31,32)(H,33,34,39). The van der Waals surface area contributed by atoms with Gasteiger partial charge in [-0.3, -0.25) is 19.6 Å². The van der Waals surface area contributed by atoms with Crippen molar-refractivity contribution in [3.63, 3.8) is 0 Å². The van der Waals surface area contributed by atoms with E-state index < -0.39 is 11.7 Å². The topological polar surface area (TPSA) is 155 Å². The molecule has 0 saturated carbocycles. The van der Waals surface area contributed by atoms with Gasteiger partial charge in [0, 0.05) is 25.2 Å². The number of carbonyl (C=O) groups is 2. The minimum Gasteiger partial charge on any atom is -0.494 e. The van der Waals surface area contributed by atoms with Gasteiger partial charge in [-0.15, -0.1) is 0 Å². The van der Waals surface area contributed by atoms with Crippen LogP contribution in [0.5, 0.6) is 5.75 Å². The van der Waals surface area contributed by atoms with Crippen LogP contribution in [0.15, 0.2) is 53.1 Å². The summed E-state index contributed by atoms with van der Waals surface area (Å²) in [7, 11) is 1.48. The van der Waals surface area contributed by atoms with Crippen molar-refractivity contribution in [1.82, 2.24) is 24.3 Å². The van der Waals surface area contributed by atoms with E-state index in [2.05, 4.69) is 25.7 Å². The van der Waals surface area contributed by atoms with Crippen LogP contribution in [0, 0.1) is 12.7 Å². The van der Waals surface area contributed by atoms with E-state index >= 15 is 0 Å². The molecule has 0 atom stereocenters. The second kappa shape index (κ2) is 11.5. The van der Waals surface area contributed by atoms with Gasteiger partial charge in [0.05, 0.1) is 30.1 Å². The number of benzene rings is 2. The van der Waals surface area contributed by atoms with E-state index in [1.807, 2.05) is 13.8 Å². The van der Waals surface area contributed by atoms with Crippen molar-refractivity contribution in [2.45, 2.75) is 33.4 Å². The third-order valence-corrected chi connectivity index (χ3v) is 6.45. The lowest BCUT2D eigenvalue weighted by Gasteiger charge is -2.13. The lowest BCUT2D eigenvalue weighted by molar-refractivity contribution is 0.0995. The van der Waals surface area contributed by atoms with Crippen LogP contribution >= 0.6 is 0 Å². The molecule has 5 rings (SSSR count). The Kier molecular flexibility index (Phi) is 7.68. The lowest BCUT2D eigenvalue weighted by atomic mass is 10.1. The van der Waals surface area contributed by atoms with E-state index in [-0.39, 0.29) is 23.4 Å². The van der Waals surface area contributed by atoms with Crippen LogP contribution in [-0.2, 0) is 13.1 Å². The highest BCUT2D eigenvalue weighted by Crippen LogP contribution is 2.31. The molecule has 3 aromatic heterocycles. The highest BCUT2D eigenvalue weighted by atomic mass is 19.1. The summed E-state index contributed by atoms with van der Waals surface area (Å²) in [6, 6.07) is 11.3. The molecule has 41 heavy (non-hydrogen) atoms. The van der Waals surface area contributed by atoms with E-state index in [0.29, 0.717) is 65.5 Å². The zero-order chi connectivity index (χ0) is 29.1. The van der Waals surface area contributed by atoms with Gasteiger partial charge < -0.3 is 24.8 Å². The lowest BCUT2D eigenvalue weighted by Crippen LogP contribution is -2.20. The normalized spacial score (nSPS) is 11.1. The number of methoxy groups -OCH3 is 1. The van der Waals surface area contributed by atoms with E-state index in [1.165, 1.54) is 19.4 Å². The molecular weight excluding hydrogens is 531 g/mol. The monoisotopic (exact) mass is 560 g/mol. The molecule has 0 bridgehead atoms. The summed E-state index contributed by atoms with van der Waals surface area (Å²) in [5.41, 5.74) is 8.19. The Balaban J connectivity index is 1.39. The predicted octanol–water partition coefficient (Wildman–Crippen LogP) is 4.22. The van der Waals surface area contributed by atoms with E-state index in [1.54, 1.807) is 45.6 Å². The molecule has 2 aromatic carbocycles. The third-order valence-electron chi connectivity index (χ3n) is 6.45. The zero-order valence-electron chi connectivity index (χ0n) is 22.8. The molecule has 212 valence electrons. The first-order valence-corrected chi connectivity index (χ1v) is 13.0. The Bertz CT molecular complexity index is 1740. The average Bonchev–Trinajstić information content (AvgIpc) is 3.67. The van der Waals surface area contributed by atoms with Gasteiger partial charge in [-0.1, -0.05) is 12.1 Å². The van der Waals surface area contributed by atoms with Gasteiger partial charge in [-0.2, -0.15) is 5.10 Å². The number of amides is 2. The first kappa shape index (κ1) is 27.4. The van der Waals surface area contributed by atoms with Crippen molar-refractivity contribution in [2.75, 3.05) is 24.3 Å². The first-order valence-electron chi connectivity index (χ1n) is 13.0. The molecule has 0 saturated heterocycles. The number of rotatable bonds is 11. The number of aryl methyl sites for hydroxylation is 3. The van der Waals surface area contributed by atoms with Gasteiger partial charge in [0.25, 0.3) is 11.9 Å². The molecule has 13 heteroatoms. The van der Waals surface area contributed by atoms with Gasteiger partial charge in [0.1, 0.15) is 22.8 Å². The zero-order valence-corrected chi connectivity index (χ0v) is 22.8. The summed E-state index contributed by atoms with van der Waals surface area (Å²) >= 11 is 0. The Morgan fingerprint density at radius 3 is 2.73 bits per heavy atom. The van der Waals surface area contributed by atoms with Gasteiger partial charge in [-0.05, 0) is 50.6 Å². The van der Waals surface area contributed by atoms with E-state index in [0.717, 1.165) is 0 Å². The van der Waals surface area contributed by atoms with E-state index in [9.17, 15) is 14.0 Å². The summed E-state index contributed by atoms with van der Waals surface area (Å²) in [6.45, 7) is 5.07. The minimum absolute atomic E-state index is 0.229. The SMILES string of the molecule is CCn1nc(C)cc1C(=O)Nc1nc2cc(C(N)=O)cc(OC)c2n1CCCNc1ncc(-c2ccccc2F)o1. The Morgan fingerprint density at radius 2 is 2.00 bits per heavy atom. The van der Waals surface area contributed by atoms with Crippen LogP contribution in [0.3, 0.4) is 0 Å². The number of halogens is 1. The van der Waals surface area contributed by atoms with Crippen LogP contribution in [0.2, 0.25) is 0 Å². The molecule has 0 radical (unpaired) electrons. The molecule has 0 fully saturated rings. The predicted molar refractivity (Wildman–Crippen MR) is 150 cm³/mol. The average molecular weight is 561 g/mol. The number of fused-ring (bicyclic) bond motifs is 1. The summed E-state index contributed by atoms with van der Waals surface area (Å²) < 4.78 is 28.7.